The maximum absolute atomic E-state index is 12.6. The molecule has 0 unspecified atom stereocenters. The summed E-state index contributed by atoms with van der Waals surface area (Å²) in [7, 11) is 7.61. The van der Waals surface area contributed by atoms with Gasteiger partial charge in [0.25, 0.3) is 0 Å². The molecule has 9 heteroatoms. The number of phenolic OH excluding ortho intramolecular Hbond substituents is 1. The minimum atomic E-state index is -0.305. The summed E-state index contributed by atoms with van der Waals surface area (Å²) >= 11 is 6.37. The first-order valence-corrected chi connectivity index (χ1v) is 11.4. The maximum atomic E-state index is 12.6. The zero-order valence-corrected chi connectivity index (χ0v) is 21.9. The molecule has 3 rings (SSSR count). The molecule has 0 radical (unpaired) electrons. The molecule has 0 saturated heterocycles. The molecule has 37 heavy (non-hydrogen) atoms. The Morgan fingerprint density at radius 3 is 2.03 bits per heavy atom. The number of ketones is 1. The van der Waals surface area contributed by atoms with Gasteiger partial charge >= 0.3 is 0 Å². The molecule has 194 valence electrons. The summed E-state index contributed by atoms with van der Waals surface area (Å²) in [4.78, 5) is 12.6. The number of halogens is 1. The van der Waals surface area contributed by atoms with Crippen LogP contribution in [0.3, 0.4) is 0 Å². The molecule has 0 aromatic heterocycles. The van der Waals surface area contributed by atoms with E-state index in [2.05, 4.69) is 5.32 Å². The summed E-state index contributed by atoms with van der Waals surface area (Å²) in [5.41, 5.74) is 2.50. The smallest absolute Gasteiger partial charge is 0.203 e. The fourth-order valence-electron chi connectivity index (χ4n) is 3.52. The minimum Gasteiger partial charge on any atom is -0.504 e. The Labute approximate surface area is 220 Å². The molecule has 0 aliphatic carbocycles. The highest BCUT2D eigenvalue weighted by molar-refractivity contribution is 6.32. The van der Waals surface area contributed by atoms with E-state index in [4.69, 9.17) is 35.3 Å². The monoisotopic (exact) mass is 525 g/mol. The number of hydrogen-bond acceptors (Lipinski definition) is 8. The number of rotatable bonds is 11. The third-order valence-corrected chi connectivity index (χ3v) is 5.70. The van der Waals surface area contributed by atoms with Gasteiger partial charge in [0.05, 0.1) is 40.6 Å². The molecule has 2 N–H and O–H groups in total. The molecule has 3 aromatic carbocycles. The molecule has 0 heterocycles. The molecule has 0 aliphatic rings. The Kier molecular flexibility index (Phi) is 9.29. The highest BCUT2D eigenvalue weighted by Crippen LogP contribution is 2.39. The third-order valence-electron chi connectivity index (χ3n) is 5.40. The van der Waals surface area contributed by atoms with Crippen LogP contribution in [0.2, 0.25) is 5.02 Å². The van der Waals surface area contributed by atoms with E-state index in [-0.39, 0.29) is 17.3 Å². The van der Waals surface area contributed by atoms with E-state index in [0.717, 1.165) is 11.1 Å². The van der Waals surface area contributed by atoms with Crippen molar-refractivity contribution in [2.75, 3.05) is 40.9 Å². The predicted octanol–water partition coefficient (Wildman–Crippen LogP) is 6.07. The lowest BCUT2D eigenvalue weighted by Crippen LogP contribution is -1.98. The summed E-state index contributed by atoms with van der Waals surface area (Å²) in [6.45, 7) is 0. The second-order valence-electron chi connectivity index (χ2n) is 7.59. The van der Waals surface area contributed by atoms with Gasteiger partial charge < -0.3 is 34.1 Å². The van der Waals surface area contributed by atoms with E-state index in [1.807, 2.05) is 24.3 Å². The van der Waals surface area contributed by atoms with Gasteiger partial charge in [0.15, 0.2) is 28.8 Å². The van der Waals surface area contributed by atoms with Crippen molar-refractivity contribution in [3.8, 4) is 34.5 Å². The van der Waals surface area contributed by atoms with E-state index in [9.17, 15) is 9.90 Å². The van der Waals surface area contributed by atoms with Crippen LogP contribution in [0.5, 0.6) is 34.5 Å². The Bertz CT molecular complexity index is 1310. The summed E-state index contributed by atoms with van der Waals surface area (Å²) in [5.74, 6) is 1.89. The van der Waals surface area contributed by atoms with Crippen molar-refractivity contribution in [3.63, 3.8) is 0 Å². The average molecular weight is 526 g/mol. The van der Waals surface area contributed by atoms with Gasteiger partial charge in [-0.05, 0) is 47.5 Å². The number of benzene rings is 3. The van der Waals surface area contributed by atoms with Crippen molar-refractivity contribution in [1.29, 1.82) is 0 Å². The largest absolute Gasteiger partial charge is 0.504 e. The molecule has 0 amide bonds. The van der Waals surface area contributed by atoms with Crippen molar-refractivity contribution < 1.29 is 33.6 Å². The van der Waals surface area contributed by atoms with Crippen molar-refractivity contribution >= 4 is 35.2 Å². The standard InChI is InChI=1S/C28H28ClNO7/c1-33-24-9-8-19(15-23(24)32)22(31)10-11-30-21-16-25(34-2)20(29)14-18(21)7-6-17-12-26(35-3)28(37-5)27(13-17)36-4/h6-16,30,32H,1-5H3. The molecule has 0 fully saturated rings. The molecule has 3 aromatic rings. The number of allylic oxidation sites excluding steroid dienone is 1. The SMILES string of the molecule is COc1ccc(C(=O)C=CNc2cc(OC)c(Cl)cc2C=Cc2cc(OC)c(OC)c(OC)c2)cc1O. The lowest BCUT2D eigenvalue weighted by Gasteiger charge is -2.13. The zero-order valence-electron chi connectivity index (χ0n) is 21.1. The van der Waals surface area contributed by atoms with Crippen LogP contribution >= 0.6 is 11.6 Å². The quantitative estimate of drug-likeness (QED) is 0.177. The fourth-order valence-corrected chi connectivity index (χ4v) is 3.77. The van der Waals surface area contributed by atoms with E-state index in [1.54, 1.807) is 39.5 Å². The topological polar surface area (TPSA) is 95.5 Å². The first-order valence-electron chi connectivity index (χ1n) is 11.0. The number of ether oxygens (including phenoxy) is 5. The van der Waals surface area contributed by atoms with Crippen molar-refractivity contribution in [1.82, 2.24) is 0 Å². The van der Waals surface area contributed by atoms with Crippen LogP contribution in [-0.4, -0.2) is 46.4 Å². The van der Waals surface area contributed by atoms with E-state index in [0.29, 0.717) is 39.3 Å². The molecular weight excluding hydrogens is 498 g/mol. The molecule has 0 aliphatic heterocycles. The van der Waals surface area contributed by atoms with Crippen LogP contribution < -0.4 is 29.0 Å². The Hall–Kier alpha value is -4.30. The number of anilines is 1. The van der Waals surface area contributed by atoms with E-state index >= 15 is 0 Å². The van der Waals surface area contributed by atoms with Gasteiger partial charge in [-0.15, -0.1) is 0 Å². The highest BCUT2D eigenvalue weighted by Gasteiger charge is 2.13. The van der Waals surface area contributed by atoms with Crippen LogP contribution in [-0.2, 0) is 0 Å². The van der Waals surface area contributed by atoms with Crippen molar-refractivity contribution in [2.24, 2.45) is 0 Å². The Balaban J connectivity index is 1.89. The van der Waals surface area contributed by atoms with Crippen LogP contribution in [0.4, 0.5) is 5.69 Å². The van der Waals surface area contributed by atoms with Gasteiger partial charge in [0.1, 0.15) is 5.75 Å². The molecule has 0 bridgehead atoms. The number of nitrogens with one attached hydrogen (secondary N) is 1. The zero-order chi connectivity index (χ0) is 26.9. The number of carbonyl (C=O) groups excluding carboxylic acids is 1. The number of carbonyl (C=O) groups is 1. The van der Waals surface area contributed by atoms with E-state index in [1.165, 1.54) is 38.6 Å². The summed E-state index contributed by atoms with van der Waals surface area (Å²) in [6.07, 6.45) is 6.58. The fraction of sp³-hybridized carbons (Fsp3) is 0.179. The number of aromatic hydroxyl groups is 1. The first-order chi connectivity index (χ1) is 17.8. The molecule has 0 atom stereocenters. The van der Waals surface area contributed by atoms with Gasteiger partial charge in [-0.1, -0.05) is 23.8 Å². The van der Waals surface area contributed by atoms with Gasteiger partial charge in [-0.25, -0.2) is 0 Å². The average Bonchev–Trinajstić information content (AvgIpc) is 2.91. The highest BCUT2D eigenvalue weighted by atomic mass is 35.5. The van der Waals surface area contributed by atoms with Gasteiger partial charge in [-0.2, -0.15) is 0 Å². The molecule has 8 nitrogen and oxygen atoms in total. The Morgan fingerprint density at radius 1 is 0.811 bits per heavy atom. The molecule has 0 spiro atoms. The molecule has 0 saturated carbocycles. The minimum absolute atomic E-state index is 0.114. The lowest BCUT2D eigenvalue weighted by atomic mass is 10.1. The van der Waals surface area contributed by atoms with Crippen LogP contribution in [0.25, 0.3) is 12.2 Å². The van der Waals surface area contributed by atoms with Gasteiger partial charge in [-0.3, -0.25) is 4.79 Å². The third kappa shape index (κ3) is 6.48. The summed E-state index contributed by atoms with van der Waals surface area (Å²) in [6, 6.07) is 11.6. The predicted molar refractivity (Wildman–Crippen MR) is 145 cm³/mol. The Morgan fingerprint density at radius 2 is 1.46 bits per heavy atom. The van der Waals surface area contributed by atoms with Crippen LogP contribution in [0.1, 0.15) is 21.5 Å². The van der Waals surface area contributed by atoms with E-state index < -0.39 is 0 Å². The van der Waals surface area contributed by atoms with Crippen LogP contribution in [0, 0.1) is 0 Å². The van der Waals surface area contributed by atoms with Gasteiger partial charge in [0, 0.05) is 29.6 Å². The summed E-state index contributed by atoms with van der Waals surface area (Å²) in [5, 5.41) is 13.5. The number of hydrogen-bond donors (Lipinski definition) is 2. The number of methoxy groups -OCH3 is 5. The van der Waals surface area contributed by atoms with Crippen molar-refractivity contribution in [3.05, 3.63) is 76.5 Å². The van der Waals surface area contributed by atoms with Gasteiger partial charge in [0.2, 0.25) is 5.75 Å². The normalized spacial score (nSPS) is 11.0. The summed E-state index contributed by atoms with van der Waals surface area (Å²) < 4.78 is 26.6. The van der Waals surface area contributed by atoms with Crippen molar-refractivity contribution in [2.45, 2.75) is 0 Å². The van der Waals surface area contributed by atoms with Crippen LogP contribution in [0.15, 0.2) is 54.7 Å². The second kappa shape index (κ2) is 12.6. The second-order valence-corrected chi connectivity index (χ2v) is 8.00. The number of phenols is 1. The maximum Gasteiger partial charge on any atom is 0.203 e. The molecular formula is C28H28ClNO7. The lowest BCUT2D eigenvalue weighted by molar-refractivity contribution is 0.104. The first kappa shape index (κ1) is 27.3.